The number of fused-ring (bicyclic) bond motifs is 8. The first-order valence-corrected chi connectivity index (χ1v) is 17.4. The third-order valence-electron chi connectivity index (χ3n) is 9.66. The first-order chi connectivity index (χ1) is 24.3. The Kier molecular flexibility index (Phi) is 6.39. The molecule has 230 valence electrons. The summed E-state index contributed by atoms with van der Waals surface area (Å²) in [6, 6.07) is 63.1. The summed E-state index contributed by atoms with van der Waals surface area (Å²) in [6.07, 6.45) is 0. The van der Waals surface area contributed by atoms with Gasteiger partial charge in [-0.05, 0) is 76.2 Å². The Labute approximate surface area is 287 Å². The first kappa shape index (κ1) is 27.9. The van der Waals surface area contributed by atoms with Gasteiger partial charge in [-0.3, -0.25) is 0 Å². The first-order valence-electron chi connectivity index (χ1n) is 16.6. The third-order valence-corrected chi connectivity index (χ3v) is 10.9. The summed E-state index contributed by atoms with van der Waals surface area (Å²) < 4.78 is 9.28. The van der Waals surface area contributed by atoms with Gasteiger partial charge in [-0.25, -0.2) is 0 Å². The minimum atomic E-state index is 0.900. The van der Waals surface area contributed by atoms with Crippen LogP contribution in [-0.2, 0) is 0 Å². The Bertz CT molecular complexity index is 2830. The summed E-state index contributed by atoms with van der Waals surface area (Å²) in [4.78, 5) is 2.39. The van der Waals surface area contributed by atoms with E-state index in [0.29, 0.717) is 0 Å². The molecule has 0 amide bonds. The lowest BCUT2D eigenvalue weighted by Crippen LogP contribution is -2.10. The highest BCUT2D eigenvalue weighted by molar-refractivity contribution is 7.26. The lowest BCUT2D eigenvalue weighted by molar-refractivity contribution is 0.672. The van der Waals surface area contributed by atoms with E-state index in [0.717, 1.165) is 49.8 Å². The molecule has 10 rings (SSSR count). The number of thiophene rings is 1. The van der Waals surface area contributed by atoms with E-state index in [-0.39, 0.29) is 0 Å². The smallest absolute Gasteiger partial charge is 0.145 e. The van der Waals surface area contributed by atoms with Crippen molar-refractivity contribution in [1.29, 1.82) is 0 Å². The summed E-state index contributed by atoms with van der Waals surface area (Å²) >= 11 is 1.87. The number of anilines is 3. The van der Waals surface area contributed by atoms with Crippen LogP contribution in [0.3, 0.4) is 0 Å². The lowest BCUT2D eigenvalue weighted by Gasteiger charge is -2.27. The van der Waals surface area contributed by atoms with Crippen molar-refractivity contribution in [3.8, 4) is 22.3 Å². The van der Waals surface area contributed by atoms with Gasteiger partial charge in [-0.1, -0.05) is 127 Å². The number of hydrogen-bond donors (Lipinski definition) is 0. The van der Waals surface area contributed by atoms with Gasteiger partial charge in [0.25, 0.3) is 0 Å². The maximum Gasteiger partial charge on any atom is 0.145 e. The van der Waals surface area contributed by atoms with E-state index in [9.17, 15) is 0 Å². The van der Waals surface area contributed by atoms with E-state index < -0.39 is 0 Å². The Morgan fingerprint density at radius 3 is 2.06 bits per heavy atom. The van der Waals surface area contributed by atoms with Gasteiger partial charge in [0.2, 0.25) is 0 Å². The maximum absolute atomic E-state index is 6.65. The van der Waals surface area contributed by atoms with E-state index in [1.165, 1.54) is 42.4 Å². The highest BCUT2D eigenvalue weighted by Crippen LogP contribution is 2.46. The molecular formula is C46H29NOS. The number of para-hydroxylation sites is 1. The molecule has 0 spiro atoms. The summed E-state index contributed by atoms with van der Waals surface area (Å²) in [5.41, 5.74) is 9.88. The number of benzene rings is 8. The number of furan rings is 1. The molecule has 0 atom stereocenters. The van der Waals surface area contributed by atoms with Gasteiger partial charge in [-0.15, -0.1) is 11.3 Å². The second kappa shape index (κ2) is 11.2. The molecule has 0 radical (unpaired) electrons. The zero-order valence-electron chi connectivity index (χ0n) is 26.5. The van der Waals surface area contributed by atoms with Crippen LogP contribution in [0.5, 0.6) is 0 Å². The van der Waals surface area contributed by atoms with Crippen LogP contribution in [0, 0.1) is 0 Å². The number of hydrogen-bond acceptors (Lipinski definition) is 3. The molecule has 0 bridgehead atoms. The predicted molar refractivity (Wildman–Crippen MR) is 210 cm³/mol. The van der Waals surface area contributed by atoms with Gasteiger partial charge in [0.1, 0.15) is 11.2 Å². The van der Waals surface area contributed by atoms with Crippen molar-refractivity contribution in [2.75, 3.05) is 4.90 Å². The molecule has 2 heterocycles. The highest BCUT2D eigenvalue weighted by Gasteiger charge is 2.21. The SMILES string of the molecule is c1ccc(-c2ccc(N(c3cccc(-c4cccc5c4sc4ccccc45)c3)c3cccc4ccc5c6ccccc6oc5c34)cc2)cc1. The summed E-state index contributed by atoms with van der Waals surface area (Å²) in [5.74, 6) is 0. The molecule has 0 fully saturated rings. The molecule has 0 aliphatic rings. The summed E-state index contributed by atoms with van der Waals surface area (Å²) in [5, 5.41) is 7.11. The van der Waals surface area contributed by atoms with E-state index in [2.05, 4.69) is 175 Å². The maximum atomic E-state index is 6.65. The Morgan fingerprint density at radius 1 is 0.449 bits per heavy atom. The molecule has 0 N–H and O–H groups in total. The van der Waals surface area contributed by atoms with Crippen molar-refractivity contribution in [1.82, 2.24) is 0 Å². The number of rotatable bonds is 5. The monoisotopic (exact) mass is 643 g/mol. The molecule has 2 nitrogen and oxygen atoms in total. The zero-order chi connectivity index (χ0) is 32.3. The Hall–Kier alpha value is -6.16. The van der Waals surface area contributed by atoms with Crippen molar-refractivity contribution < 1.29 is 4.42 Å². The molecule has 0 unspecified atom stereocenters. The van der Waals surface area contributed by atoms with Crippen molar-refractivity contribution >= 4 is 81.3 Å². The Morgan fingerprint density at radius 2 is 1.16 bits per heavy atom. The van der Waals surface area contributed by atoms with Crippen LogP contribution in [0.15, 0.2) is 180 Å². The van der Waals surface area contributed by atoms with Crippen molar-refractivity contribution in [3.63, 3.8) is 0 Å². The van der Waals surface area contributed by atoms with E-state index >= 15 is 0 Å². The summed E-state index contributed by atoms with van der Waals surface area (Å²) in [7, 11) is 0. The minimum Gasteiger partial charge on any atom is -0.455 e. The molecule has 0 saturated heterocycles. The highest BCUT2D eigenvalue weighted by atomic mass is 32.1. The molecule has 0 aliphatic carbocycles. The van der Waals surface area contributed by atoms with Crippen LogP contribution in [-0.4, -0.2) is 0 Å². The predicted octanol–water partition coefficient (Wildman–Crippen LogP) is 13.9. The van der Waals surface area contributed by atoms with Crippen molar-refractivity contribution in [3.05, 3.63) is 176 Å². The molecule has 0 aliphatic heterocycles. The average Bonchev–Trinajstić information content (AvgIpc) is 3.75. The standard InChI is InChI=1S/C46H29NOS/c1-2-11-30(12-3-1)31-23-26-34(27-24-31)47(41-20-9-13-32-25-28-39-37-16-4-6-21-42(37)48-45(39)44(32)41)35-15-8-14-33(29-35)36-18-10-19-40-38-17-5-7-22-43(38)49-46(36)40/h1-29H. The van der Waals surface area contributed by atoms with Gasteiger partial charge in [0.15, 0.2) is 0 Å². The van der Waals surface area contributed by atoms with Crippen LogP contribution < -0.4 is 4.90 Å². The van der Waals surface area contributed by atoms with Crippen LogP contribution in [0.4, 0.5) is 17.1 Å². The largest absolute Gasteiger partial charge is 0.455 e. The van der Waals surface area contributed by atoms with Gasteiger partial charge < -0.3 is 9.32 Å². The van der Waals surface area contributed by atoms with E-state index in [4.69, 9.17) is 4.42 Å². The van der Waals surface area contributed by atoms with Crippen LogP contribution in [0.25, 0.3) is 75.1 Å². The second-order valence-electron chi connectivity index (χ2n) is 12.5. The molecular weight excluding hydrogens is 615 g/mol. The second-order valence-corrected chi connectivity index (χ2v) is 13.5. The molecule has 0 saturated carbocycles. The fraction of sp³-hybridized carbons (Fsp3) is 0. The third kappa shape index (κ3) is 4.55. The molecule has 10 aromatic rings. The van der Waals surface area contributed by atoms with Gasteiger partial charge in [-0.2, -0.15) is 0 Å². The lowest BCUT2D eigenvalue weighted by atomic mass is 10.00. The Balaban J connectivity index is 1.21. The molecule has 49 heavy (non-hydrogen) atoms. The summed E-state index contributed by atoms with van der Waals surface area (Å²) in [6.45, 7) is 0. The van der Waals surface area contributed by atoms with Gasteiger partial charge in [0.05, 0.1) is 5.69 Å². The van der Waals surface area contributed by atoms with Crippen molar-refractivity contribution in [2.45, 2.75) is 0 Å². The van der Waals surface area contributed by atoms with Gasteiger partial charge in [0, 0.05) is 47.7 Å². The topological polar surface area (TPSA) is 16.4 Å². The van der Waals surface area contributed by atoms with Crippen LogP contribution in [0.1, 0.15) is 0 Å². The fourth-order valence-electron chi connectivity index (χ4n) is 7.37. The molecule has 8 aromatic carbocycles. The fourth-order valence-corrected chi connectivity index (χ4v) is 8.61. The normalized spacial score (nSPS) is 11.7. The number of nitrogens with zero attached hydrogens (tertiary/aromatic N) is 1. The van der Waals surface area contributed by atoms with Gasteiger partial charge >= 0.3 is 0 Å². The van der Waals surface area contributed by atoms with Crippen LogP contribution in [0.2, 0.25) is 0 Å². The molecule has 2 aromatic heterocycles. The van der Waals surface area contributed by atoms with Crippen LogP contribution >= 0.6 is 11.3 Å². The zero-order valence-corrected chi connectivity index (χ0v) is 27.3. The average molecular weight is 644 g/mol. The quantitative estimate of drug-likeness (QED) is 0.186. The minimum absolute atomic E-state index is 0.900. The van der Waals surface area contributed by atoms with E-state index in [1.807, 2.05) is 17.4 Å². The van der Waals surface area contributed by atoms with Crippen molar-refractivity contribution in [2.24, 2.45) is 0 Å². The molecule has 3 heteroatoms. The van der Waals surface area contributed by atoms with E-state index in [1.54, 1.807) is 0 Å².